The molecule has 0 aromatic heterocycles. The molecule has 4 rings (SSSR count). The summed E-state index contributed by atoms with van der Waals surface area (Å²) in [5.74, 6) is -0.0260. The number of benzene rings is 3. The van der Waals surface area contributed by atoms with Gasteiger partial charge in [-0.2, -0.15) is 0 Å². The van der Waals surface area contributed by atoms with E-state index in [9.17, 15) is 17.6 Å². The molecule has 178 valence electrons. The van der Waals surface area contributed by atoms with Gasteiger partial charge in [-0.1, -0.05) is 12.1 Å². The number of carbonyl (C=O) groups excluding carboxylic acids is 1. The first-order valence-corrected chi connectivity index (χ1v) is 11.9. The van der Waals surface area contributed by atoms with E-state index in [0.29, 0.717) is 30.3 Å². The second-order valence-electron chi connectivity index (χ2n) is 7.58. The summed E-state index contributed by atoms with van der Waals surface area (Å²) >= 11 is 0. The number of rotatable bonds is 7. The normalized spacial score (nSPS) is 13.6. The van der Waals surface area contributed by atoms with Crippen LogP contribution in [-0.4, -0.2) is 34.6 Å². The Labute approximate surface area is 196 Å². The van der Waals surface area contributed by atoms with Gasteiger partial charge in [0.2, 0.25) is 0 Å². The third kappa shape index (κ3) is 5.07. The van der Waals surface area contributed by atoms with Crippen molar-refractivity contribution in [3.05, 3.63) is 77.6 Å². The molecule has 0 aliphatic carbocycles. The molecule has 3 aromatic rings. The molecule has 10 heteroatoms. The average Bonchev–Trinajstić information content (AvgIpc) is 2.83. The van der Waals surface area contributed by atoms with Crippen molar-refractivity contribution >= 4 is 21.6 Å². The van der Waals surface area contributed by atoms with Crippen LogP contribution in [0.5, 0.6) is 17.2 Å². The summed E-state index contributed by atoms with van der Waals surface area (Å²) in [5, 5.41) is 2.78. The summed E-state index contributed by atoms with van der Waals surface area (Å²) in [6.07, 6.45) is 0. The number of hydrogen-bond donors (Lipinski definition) is 2. The minimum atomic E-state index is -3.94. The second-order valence-corrected chi connectivity index (χ2v) is 9.26. The predicted molar refractivity (Wildman–Crippen MR) is 124 cm³/mol. The van der Waals surface area contributed by atoms with Gasteiger partial charge in [-0.15, -0.1) is 0 Å². The van der Waals surface area contributed by atoms with Gasteiger partial charge in [-0.3, -0.25) is 9.52 Å². The first-order valence-electron chi connectivity index (χ1n) is 10.4. The quantitative estimate of drug-likeness (QED) is 0.525. The zero-order chi connectivity index (χ0) is 24.3. The zero-order valence-corrected chi connectivity index (χ0v) is 19.3. The summed E-state index contributed by atoms with van der Waals surface area (Å²) in [5.41, 5.74) is 1.01. The molecule has 2 N–H and O–H groups in total. The molecule has 34 heavy (non-hydrogen) atoms. The zero-order valence-electron chi connectivity index (χ0n) is 18.5. The van der Waals surface area contributed by atoms with E-state index >= 15 is 0 Å². The van der Waals surface area contributed by atoms with E-state index in [0.717, 1.165) is 0 Å². The lowest BCUT2D eigenvalue weighted by atomic mass is 10.1. The standard InChI is InChI=1S/C24H23FN2O6S/c1-15(16-6-8-21(31-2)20(25)13-16)26-24(28)17-4-3-5-18(12-17)27-34(29,30)19-7-9-22-23(14-19)33-11-10-32-22/h3-9,12-15,27H,10-11H2,1-2H3,(H,26,28). The number of sulfonamides is 1. The van der Waals surface area contributed by atoms with Crippen molar-refractivity contribution in [2.75, 3.05) is 25.0 Å². The Balaban J connectivity index is 1.48. The van der Waals surface area contributed by atoms with Gasteiger partial charge in [0.05, 0.1) is 18.0 Å². The summed E-state index contributed by atoms with van der Waals surface area (Å²) in [6, 6.07) is 14.4. The highest BCUT2D eigenvalue weighted by Crippen LogP contribution is 2.33. The van der Waals surface area contributed by atoms with E-state index in [4.69, 9.17) is 14.2 Å². The highest BCUT2D eigenvalue weighted by molar-refractivity contribution is 7.92. The Morgan fingerprint density at radius 2 is 1.79 bits per heavy atom. The SMILES string of the molecule is COc1ccc(C(C)NC(=O)c2cccc(NS(=O)(=O)c3ccc4c(c3)OCCO4)c2)cc1F. The van der Waals surface area contributed by atoms with Crippen molar-refractivity contribution < 1.29 is 31.8 Å². The van der Waals surface area contributed by atoms with Gasteiger partial charge in [-0.05, 0) is 55.0 Å². The number of fused-ring (bicyclic) bond motifs is 1. The number of hydrogen-bond acceptors (Lipinski definition) is 6. The Hall–Kier alpha value is -3.79. The van der Waals surface area contributed by atoms with Crippen LogP contribution in [0.15, 0.2) is 65.6 Å². The van der Waals surface area contributed by atoms with Crippen LogP contribution < -0.4 is 24.2 Å². The van der Waals surface area contributed by atoms with Gasteiger partial charge in [0.1, 0.15) is 13.2 Å². The van der Waals surface area contributed by atoms with E-state index in [-0.39, 0.29) is 21.9 Å². The second kappa shape index (κ2) is 9.60. The number of ether oxygens (including phenoxy) is 3. The lowest BCUT2D eigenvalue weighted by Crippen LogP contribution is -2.26. The van der Waals surface area contributed by atoms with E-state index in [1.807, 2.05) is 0 Å². The highest BCUT2D eigenvalue weighted by Gasteiger charge is 2.20. The first-order chi connectivity index (χ1) is 16.3. The van der Waals surface area contributed by atoms with E-state index in [1.54, 1.807) is 25.1 Å². The summed E-state index contributed by atoms with van der Waals surface area (Å²) in [6.45, 7) is 2.45. The summed E-state index contributed by atoms with van der Waals surface area (Å²) in [7, 11) is -2.56. The topological polar surface area (TPSA) is 103 Å². The minimum absolute atomic E-state index is 0.00163. The third-order valence-electron chi connectivity index (χ3n) is 5.22. The Morgan fingerprint density at radius 1 is 1.03 bits per heavy atom. The fourth-order valence-corrected chi connectivity index (χ4v) is 4.51. The van der Waals surface area contributed by atoms with Gasteiger partial charge in [0.15, 0.2) is 23.1 Å². The van der Waals surface area contributed by atoms with Crippen molar-refractivity contribution in [2.45, 2.75) is 17.9 Å². The molecule has 0 saturated carbocycles. The molecule has 0 spiro atoms. The molecule has 1 aliphatic rings. The molecule has 1 amide bonds. The molecule has 0 saturated heterocycles. The van der Waals surface area contributed by atoms with Crippen LogP contribution in [0.2, 0.25) is 0 Å². The lowest BCUT2D eigenvalue weighted by Gasteiger charge is -2.19. The van der Waals surface area contributed by atoms with Crippen LogP contribution >= 0.6 is 0 Å². The van der Waals surface area contributed by atoms with Crippen molar-refractivity contribution in [1.29, 1.82) is 0 Å². The van der Waals surface area contributed by atoms with E-state index < -0.39 is 27.8 Å². The van der Waals surface area contributed by atoms with Crippen LogP contribution in [0.1, 0.15) is 28.9 Å². The largest absolute Gasteiger partial charge is 0.494 e. The highest BCUT2D eigenvalue weighted by atomic mass is 32.2. The molecule has 0 radical (unpaired) electrons. The van der Waals surface area contributed by atoms with Gasteiger partial charge in [0, 0.05) is 17.3 Å². The summed E-state index contributed by atoms with van der Waals surface area (Å²) < 4.78 is 58.0. The maximum Gasteiger partial charge on any atom is 0.262 e. The average molecular weight is 487 g/mol. The number of anilines is 1. The molecule has 1 atom stereocenters. The molecule has 3 aromatic carbocycles. The van der Waals surface area contributed by atoms with Crippen LogP contribution in [0.4, 0.5) is 10.1 Å². The predicted octanol–water partition coefficient (Wildman–Crippen LogP) is 3.90. The van der Waals surface area contributed by atoms with Crippen LogP contribution in [0, 0.1) is 5.82 Å². The Kier molecular flexibility index (Phi) is 6.60. The Morgan fingerprint density at radius 3 is 2.53 bits per heavy atom. The van der Waals surface area contributed by atoms with E-state index in [1.165, 1.54) is 49.6 Å². The monoisotopic (exact) mass is 486 g/mol. The molecule has 0 bridgehead atoms. The van der Waals surface area contributed by atoms with Gasteiger partial charge in [0.25, 0.3) is 15.9 Å². The third-order valence-corrected chi connectivity index (χ3v) is 6.60. The van der Waals surface area contributed by atoms with Crippen molar-refractivity contribution in [3.8, 4) is 17.2 Å². The van der Waals surface area contributed by atoms with Crippen molar-refractivity contribution in [2.24, 2.45) is 0 Å². The molecule has 1 aliphatic heterocycles. The summed E-state index contributed by atoms with van der Waals surface area (Å²) in [4.78, 5) is 12.7. The van der Waals surface area contributed by atoms with Gasteiger partial charge >= 0.3 is 0 Å². The van der Waals surface area contributed by atoms with Gasteiger partial charge in [-0.25, -0.2) is 12.8 Å². The van der Waals surface area contributed by atoms with Crippen molar-refractivity contribution in [1.82, 2.24) is 5.32 Å². The smallest absolute Gasteiger partial charge is 0.262 e. The Bertz CT molecular complexity index is 1330. The van der Waals surface area contributed by atoms with Gasteiger partial charge < -0.3 is 19.5 Å². The number of nitrogens with one attached hydrogen (secondary N) is 2. The molecule has 0 fully saturated rings. The molecule has 8 nitrogen and oxygen atoms in total. The number of methoxy groups -OCH3 is 1. The molecular formula is C24H23FN2O6S. The van der Waals surface area contributed by atoms with Crippen LogP contribution in [0.25, 0.3) is 0 Å². The maximum atomic E-state index is 14.0. The van der Waals surface area contributed by atoms with E-state index in [2.05, 4.69) is 10.0 Å². The molecular weight excluding hydrogens is 463 g/mol. The fraction of sp³-hybridized carbons (Fsp3) is 0.208. The first kappa shape index (κ1) is 23.4. The molecule has 1 heterocycles. The van der Waals surface area contributed by atoms with Crippen molar-refractivity contribution in [3.63, 3.8) is 0 Å². The van der Waals surface area contributed by atoms with Crippen LogP contribution in [0.3, 0.4) is 0 Å². The number of amides is 1. The number of carbonyl (C=O) groups is 1. The minimum Gasteiger partial charge on any atom is -0.494 e. The molecule has 1 unspecified atom stereocenters. The van der Waals surface area contributed by atoms with Crippen LogP contribution in [-0.2, 0) is 10.0 Å². The lowest BCUT2D eigenvalue weighted by molar-refractivity contribution is 0.0940. The number of halogens is 1. The fourth-order valence-electron chi connectivity index (χ4n) is 3.44. The maximum absolute atomic E-state index is 14.0.